The van der Waals surface area contributed by atoms with Crippen molar-refractivity contribution in [2.45, 2.75) is 49.1 Å². The molecule has 1 aromatic carbocycles. The van der Waals surface area contributed by atoms with Gasteiger partial charge in [-0.2, -0.15) is 0 Å². The molecule has 2 atom stereocenters. The lowest BCUT2D eigenvalue weighted by Crippen LogP contribution is -2.46. The molecule has 1 aromatic heterocycles. The number of nitrogens with zero attached hydrogens (tertiary/aromatic N) is 4. The van der Waals surface area contributed by atoms with Crippen molar-refractivity contribution in [2.24, 2.45) is 0 Å². The Labute approximate surface area is 152 Å². The van der Waals surface area contributed by atoms with E-state index in [0.717, 1.165) is 42.5 Å². The van der Waals surface area contributed by atoms with Crippen molar-refractivity contribution in [1.82, 2.24) is 19.8 Å². The predicted octanol–water partition coefficient (Wildman–Crippen LogP) is 2.75. The zero-order valence-electron chi connectivity index (χ0n) is 14.4. The van der Waals surface area contributed by atoms with Crippen LogP contribution in [0.3, 0.4) is 0 Å². The fourth-order valence-electron chi connectivity index (χ4n) is 3.53. The maximum atomic E-state index is 13.3. The van der Waals surface area contributed by atoms with Crippen molar-refractivity contribution >= 4 is 17.7 Å². The standard InChI is InChI=1S/C18H23N5OS/c1-13-19-20-18-23(13)21-15(14-9-5-4-6-10-14)16(25-18)17(24)22-11-7-2-3-8-12-22/h4-6,9-10,15-16,21H,2-3,7-8,11-12H2,1H3/t15-,16-/m1/s1. The number of amides is 1. The Morgan fingerprint density at radius 2 is 1.84 bits per heavy atom. The van der Waals surface area contributed by atoms with Crippen LogP contribution in [0.1, 0.15) is 43.1 Å². The molecule has 132 valence electrons. The van der Waals surface area contributed by atoms with Crippen LogP contribution in [0.5, 0.6) is 0 Å². The number of fused-ring (bicyclic) bond motifs is 1. The van der Waals surface area contributed by atoms with Gasteiger partial charge in [-0.05, 0) is 25.3 Å². The Hall–Kier alpha value is -2.02. The average molecular weight is 357 g/mol. The minimum absolute atomic E-state index is 0.0934. The zero-order valence-corrected chi connectivity index (χ0v) is 15.2. The van der Waals surface area contributed by atoms with Crippen LogP contribution >= 0.6 is 11.8 Å². The van der Waals surface area contributed by atoms with Gasteiger partial charge in [0.25, 0.3) is 0 Å². The molecule has 1 amide bonds. The van der Waals surface area contributed by atoms with E-state index < -0.39 is 0 Å². The molecule has 1 N–H and O–H groups in total. The molecule has 0 saturated carbocycles. The van der Waals surface area contributed by atoms with Gasteiger partial charge in [0.15, 0.2) is 0 Å². The number of aromatic nitrogens is 3. The molecule has 1 fully saturated rings. The predicted molar refractivity (Wildman–Crippen MR) is 98.0 cm³/mol. The van der Waals surface area contributed by atoms with E-state index in [1.165, 1.54) is 24.6 Å². The lowest BCUT2D eigenvalue weighted by Gasteiger charge is -2.35. The lowest BCUT2D eigenvalue weighted by molar-refractivity contribution is -0.131. The highest BCUT2D eigenvalue weighted by Gasteiger charge is 2.39. The van der Waals surface area contributed by atoms with Crippen LogP contribution in [-0.4, -0.2) is 44.0 Å². The molecule has 0 aliphatic carbocycles. The molecule has 2 aliphatic heterocycles. The molecule has 3 heterocycles. The third-order valence-corrected chi connectivity index (χ3v) is 6.12. The number of nitrogens with one attached hydrogen (secondary N) is 1. The van der Waals surface area contributed by atoms with E-state index in [1.54, 1.807) is 0 Å². The summed E-state index contributed by atoms with van der Waals surface area (Å²) in [6.45, 7) is 3.65. The van der Waals surface area contributed by atoms with Crippen LogP contribution in [0.2, 0.25) is 0 Å². The van der Waals surface area contributed by atoms with Crippen LogP contribution in [0.4, 0.5) is 0 Å². The monoisotopic (exact) mass is 357 g/mol. The van der Waals surface area contributed by atoms with E-state index in [2.05, 4.69) is 27.8 Å². The minimum Gasteiger partial charge on any atom is -0.342 e. The number of hydrogen-bond acceptors (Lipinski definition) is 5. The van der Waals surface area contributed by atoms with Gasteiger partial charge in [-0.25, -0.2) is 4.68 Å². The summed E-state index contributed by atoms with van der Waals surface area (Å²) in [5.74, 6) is 1.02. The molecular weight excluding hydrogens is 334 g/mol. The van der Waals surface area contributed by atoms with Gasteiger partial charge >= 0.3 is 0 Å². The second-order valence-electron chi connectivity index (χ2n) is 6.66. The number of likely N-dealkylation sites (tertiary alicyclic amines) is 1. The smallest absolute Gasteiger partial charge is 0.238 e. The maximum absolute atomic E-state index is 13.3. The summed E-state index contributed by atoms with van der Waals surface area (Å²) in [5, 5.41) is 8.91. The molecule has 2 aromatic rings. The lowest BCUT2D eigenvalue weighted by atomic mass is 10.0. The topological polar surface area (TPSA) is 63.1 Å². The Bertz CT molecular complexity index is 739. The summed E-state index contributed by atoms with van der Waals surface area (Å²) >= 11 is 1.52. The molecule has 0 radical (unpaired) electrons. The van der Waals surface area contributed by atoms with E-state index in [9.17, 15) is 4.79 Å². The van der Waals surface area contributed by atoms with Gasteiger partial charge in [0.05, 0.1) is 6.04 Å². The fraction of sp³-hybridized carbons (Fsp3) is 0.500. The first-order chi connectivity index (χ1) is 12.2. The molecule has 25 heavy (non-hydrogen) atoms. The summed E-state index contributed by atoms with van der Waals surface area (Å²) < 4.78 is 1.90. The molecule has 6 nitrogen and oxygen atoms in total. The largest absolute Gasteiger partial charge is 0.342 e. The third-order valence-electron chi connectivity index (χ3n) is 4.92. The summed E-state index contributed by atoms with van der Waals surface area (Å²) in [6.07, 6.45) is 4.63. The third kappa shape index (κ3) is 3.25. The van der Waals surface area contributed by atoms with Gasteiger partial charge in [-0.1, -0.05) is 54.9 Å². The van der Waals surface area contributed by atoms with Gasteiger partial charge in [-0.15, -0.1) is 10.2 Å². The molecule has 1 saturated heterocycles. The van der Waals surface area contributed by atoms with E-state index in [1.807, 2.05) is 34.7 Å². The quantitative estimate of drug-likeness (QED) is 0.895. The van der Waals surface area contributed by atoms with Crippen molar-refractivity contribution in [1.29, 1.82) is 0 Å². The van der Waals surface area contributed by atoms with E-state index in [4.69, 9.17) is 0 Å². The maximum Gasteiger partial charge on any atom is 0.238 e. The SMILES string of the molecule is Cc1nnc2n1N[C@H](c1ccccc1)[C@H](C(=O)N1CCCCCC1)S2. The van der Waals surface area contributed by atoms with Gasteiger partial charge in [0, 0.05) is 13.1 Å². The second kappa shape index (κ2) is 7.07. The minimum atomic E-state index is -0.225. The van der Waals surface area contributed by atoms with Crippen LogP contribution in [0, 0.1) is 6.92 Å². The van der Waals surface area contributed by atoms with Crippen LogP contribution < -0.4 is 5.43 Å². The molecule has 4 rings (SSSR count). The van der Waals surface area contributed by atoms with Gasteiger partial charge < -0.3 is 10.3 Å². The molecule has 7 heteroatoms. The molecule has 2 aliphatic rings. The van der Waals surface area contributed by atoms with Gasteiger partial charge in [-0.3, -0.25) is 4.79 Å². The van der Waals surface area contributed by atoms with Gasteiger partial charge in [0.1, 0.15) is 11.1 Å². The highest BCUT2D eigenvalue weighted by Crippen LogP contribution is 2.38. The van der Waals surface area contributed by atoms with E-state index >= 15 is 0 Å². The van der Waals surface area contributed by atoms with Crippen LogP contribution in [0.25, 0.3) is 0 Å². The summed E-state index contributed by atoms with van der Waals surface area (Å²) in [5.41, 5.74) is 4.58. The molecule has 0 unspecified atom stereocenters. The van der Waals surface area contributed by atoms with Crippen molar-refractivity contribution in [2.75, 3.05) is 18.5 Å². The molecule has 0 bridgehead atoms. The Morgan fingerprint density at radius 1 is 1.12 bits per heavy atom. The Morgan fingerprint density at radius 3 is 2.56 bits per heavy atom. The normalized spacial score (nSPS) is 23.5. The summed E-state index contributed by atoms with van der Waals surface area (Å²) in [4.78, 5) is 15.4. The van der Waals surface area contributed by atoms with Crippen molar-refractivity contribution < 1.29 is 4.79 Å². The summed E-state index contributed by atoms with van der Waals surface area (Å²) in [6, 6.07) is 10.1. The second-order valence-corrected chi connectivity index (χ2v) is 7.77. The first-order valence-electron chi connectivity index (χ1n) is 8.93. The highest BCUT2D eigenvalue weighted by molar-refractivity contribution is 8.00. The van der Waals surface area contributed by atoms with Crippen molar-refractivity contribution in [3.8, 4) is 0 Å². The number of carbonyl (C=O) groups excluding carboxylic acids is 1. The Balaban J connectivity index is 1.66. The Kier molecular flexibility index (Phi) is 4.65. The van der Waals surface area contributed by atoms with E-state index in [-0.39, 0.29) is 17.2 Å². The number of thioether (sulfide) groups is 1. The van der Waals surface area contributed by atoms with Crippen LogP contribution in [-0.2, 0) is 4.79 Å². The average Bonchev–Trinajstić information content (AvgIpc) is 2.86. The number of aryl methyl sites for hydroxylation is 1. The first-order valence-corrected chi connectivity index (χ1v) is 9.81. The van der Waals surface area contributed by atoms with E-state index in [0.29, 0.717) is 0 Å². The van der Waals surface area contributed by atoms with Crippen molar-refractivity contribution in [3.63, 3.8) is 0 Å². The number of benzene rings is 1. The van der Waals surface area contributed by atoms with Crippen LogP contribution in [0.15, 0.2) is 35.5 Å². The first kappa shape index (κ1) is 16.4. The number of rotatable bonds is 2. The fourth-order valence-corrected chi connectivity index (χ4v) is 4.74. The number of hydrogen-bond donors (Lipinski definition) is 1. The number of carbonyl (C=O) groups is 1. The van der Waals surface area contributed by atoms with Crippen molar-refractivity contribution in [3.05, 3.63) is 41.7 Å². The summed E-state index contributed by atoms with van der Waals surface area (Å²) in [7, 11) is 0. The van der Waals surface area contributed by atoms with Gasteiger partial charge in [0.2, 0.25) is 11.1 Å². The molecular formula is C18H23N5OS. The zero-order chi connectivity index (χ0) is 17.2. The molecule has 0 spiro atoms. The highest BCUT2D eigenvalue weighted by atomic mass is 32.2.